The Balaban J connectivity index is 2.13. The fraction of sp³-hybridized carbons (Fsp3) is 0.805. The molecule has 0 aliphatic carbocycles. The highest BCUT2D eigenvalue weighted by atomic mass is 16.7. The van der Waals surface area contributed by atoms with Gasteiger partial charge in [-0.1, -0.05) is 140 Å². The number of nitrogens with two attached hydrogens (primary N) is 1. The van der Waals surface area contributed by atoms with Crippen LogP contribution in [0.25, 0.3) is 0 Å². The number of ether oxygens (including phenoxy) is 2. The van der Waals surface area contributed by atoms with E-state index in [2.05, 4.69) is 62.5 Å². The number of likely N-dealkylation sites (N-methyl/N-ethyl adjacent to an activating group) is 1. The molecule has 1 heterocycles. The Morgan fingerprint density at radius 3 is 1.33 bits per heavy atom. The third-order valence-corrected chi connectivity index (χ3v) is 8.92. The lowest BCUT2D eigenvalue weighted by molar-refractivity contribution is -0.180. The lowest BCUT2D eigenvalue weighted by atomic mass is 9.98. The molecule has 0 aromatic heterocycles. The molecule has 1 aliphatic rings. The van der Waals surface area contributed by atoms with Gasteiger partial charge in [0.05, 0.1) is 12.7 Å². The van der Waals surface area contributed by atoms with Gasteiger partial charge in [0.15, 0.2) is 5.79 Å². The summed E-state index contributed by atoms with van der Waals surface area (Å²) >= 11 is 0. The van der Waals surface area contributed by atoms with Crippen LogP contribution in [-0.2, 0) is 9.47 Å². The van der Waals surface area contributed by atoms with E-state index in [1.807, 2.05) is 7.05 Å². The van der Waals surface area contributed by atoms with Crippen molar-refractivity contribution in [1.82, 2.24) is 5.01 Å². The van der Waals surface area contributed by atoms with Crippen molar-refractivity contribution >= 4 is 0 Å². The Bertz CT molecular complexity index is 694. The van der Waals surface area contributed by atoms with Crippen LogP contribution < -0.4 is 5.84 Å². The van der Waals surface area contributed by atoms with Gasteiger partial charge in [0, 0.05) is 26.4 Å². The molecule has 0 saturated carbocycles. The van der Waals surface area contributed by atoms with Crippen LogP contribution >= 0.6 is 0 Å². The SMILES string of the molecule is CCCCC/C=C\C/C=C\CCCCCCCCC1(CCCCCCCC/C=C\C/C=C\CCCCC)OCC(CN(C)N)O1. The van der Waals surface area contributed by atoms with Gasteiger partial charge in [-0.15, -0.1) is 0 Å². The quantitative estimate of drug-likeness (QED) is 0.0348. The molecule has 262 valence electrons. The first-order valence-electron chi connectivity index (χ1n) is 19.5. The van der Waals surface area contributed by atoms with E-state index >= 15 is 0 Å². The third-order valence-electron chi connectivity index (χ3n) is 8.92. The van der Waals surface area contributed by atoms with E-state index < -0.39 is 0 Å². The fourth-order valence-electron chi connectivity index (χ4n) is 6.18. The van der Waals surface area contributed by atoms with Crippen LogP contribution in [0.15, 0.2) is 48.6 Å². The van der Waals surface area contributed by atoms with Crippen molar-refractivity contribution in [2.24, 2.45) is 5.84 Å². The van der Waals surface area contributed by atoms with Gasteiger partial charge in [0.2, 0.25) is 0 Å². The zero-order chi connectivity index (χ0) is 32.5. The van der Waals surface area contributed by atoms with Crippen molar-refractivity contribution in [2.75, 3.05) is 20.2 Å². The summed E-state index contributed by atoms with van der Waals surface area (Å²) in [5, 5.41) is 1.73. The molecular weight excluding hydrogens is 552 g/mol. The van der Waals surface area contributed by atoms with Crippen LogP contribution in [0.1, 0.15) is 181 Å². The van der Waals surface area contributed by atoms with Crippen molar-refractivity contribution in [2.45, 2.75) is 193 Å². The molecule has 1 rings (SSSR count). The Kier molecular flexibility index (Phi) is 29.2. The minimum Gasteiger partial charge on any atom is -0.347 e. The molecule has 4 nitrogen and oxygen atoms in total. The van der Waals surface area contributed by atoms with Crippen molar-refractivity contribution in [3.63, 3.8) is 0 Å². The van der Waals surface area contributed by atoms with Gasteiger partial charge < -0.3 is 9.47 Å². The molecule has 0 aromatic rings. The smallest absolute Gasteiger partial charge is 0.168 e. The van der Waals surface area contributed by atoms with E-state index in [0.29, 0.717) is 6.61 Å². The maximum Gasteiger partial charge on any atom is 0.168 e. The van der Waals surface area contributed by atoms with E-state index in [4.69, 9.17) is 15.3 Å². The summed E-state index contributed by atoms with van der Waals surface area (Å²) in [7, 11) is 1.91. The molecule has 0 aromatic carbocycles. The molecule has 1 fully saturated rings. The number of allylic oxidation sites excluding steroid dienone is 8. The summed E-state index contributed by atoms with van der Waals surface area (Å²) in [5.41, 5.74) is 0. The van der Waals surface area contributed by atoms with E-state index in [1.54, 1.807) is 5.01 Å². The highest BCUT2D eigenvalue weighted by molar-refractivity contribution is 4.93. The fourth-order valence-corrected chi connectivity index (χ4v) is 6.18. The van der Waals surface area contributed by atoms with E-state index in [-0.39, 0.29) is 11.9 Å². The second kappa shape index (κ2) is 31.4. The van der Waals surface area contributed by atoms with Crippen LogP contribution in [0, 0.1) is 0 Å². The van der Waals surface area contributed by atoms with Gasteiger partial charge >= 0.3 is 0 Å². The van der Waals surface area contributed by atoms with Crippen molar-refractivity contribution in [1.29, 1.82) is 0 Å². The number of unbranched alkanes of at least 4 members (excludes halogenated alkanes) is 18. The number of hydrazine groups is 1. The van der Waals surface area contributed by atoms with E-state index in [9.17, 15) is 0 Å². The largest absolute Gasteiger partial charge is 0.347 e. The molecule has 1 saturated heterocycles. The van der Waals surface area contributed by atoms with Crippen LogP contribution in [0.4, 0.5) is 0 Å². The first-order valence-corrected chi connectivity index (χ1v) is 19.5. The summed E-state index contributed by atoms with van der Waals surface area (Å²) in [6, 6.07) is 0. The molecule has 0 radical (unpaired) electrons. The number of rotatable bonds is 32. The first kappa shape index (κ1) is 41.8. The monoisotopic (exact) mass is 629 g/mol. The Morgan fingerprint density at radius 1 is 0.556 bits per heavy atom. The number of hydrogen-bond acceptors (Lipinski definition) is 4. The van der Waals surface area contributed by atoms with Gasteiger partial charge in [0.1, 0.15) is 0 Å². The van der Waals surface area contributed by atoms with Gasteiger partial charge in [-0.05, 0) is 77.0 Å². The summed E-state index contributed by atoms with van der Waals surface area (Å²) < 4.78 is 12.9. The van der Waals surface area contributed by atoms with Crippen LogP contribution in [0.5, 0.6) is 0 Å². The molecule has 0 bridgehead atoms. The predicted molar refractivity (Wildman–Crippen MR) is 198 cm³/mol. The minimum absolute atomic E-state index is 0.0919. The molecule has 1 atom stereocenters. The number of nitrogens with zero attached hydrogens (tertiary/aromatic N) is 1. The zero-order valence-corrected chi connectivity index (χ0v) is 30.3. The predicted octanol–water partition coefficient (Wildman–Crippen LogP) is 12.3. The Morgan fingerprint density at radius 2 is 0.933 bits per heavy atom. The molecule has 2 N–H and O–H groups in total. The maximum absolute atomic E-state index is 6.54. The molecule has 45 heavy (non-hydrogen) atoms. The normalized spacial score (nSPS) is 17.0. The average molecular weight is 629 g/mol. The Hall–Kier alpha value is -1.20. The minimum atomic E-state index is -0.384. The van der Waals surface area contributed by atoms with Gasteiger partial charge in [-0.25, -0.2) is 5.01 Å². The molecular formula is C41H76N2O2. The van der Waals surface area contributed by atoms with Gasteiger partial charge in [-0.3, -0.25) is 5.84 Å². The Labute approximate surface area is 281 Å². The van der Waals surface area contributed by atoms with Crippen LogP contribution in [-0.4, -0.2) is 37.1 Å². The molecule has 0 amide bonds. The lowest BCUT2D eigenvalue weighted by Crippen LogP contribution is -2.37. The van der Waals surface area contributed by atoms with Crippen molar-refractivity contribution in [3.05, 3.63) is 48.6 Å². The third kappa shape index (κ3) is 26.6. The second-order valence-corrected chi connectivity index (χ2v) is 13.6. The standard InChI is InChI=1S/C41H76N2O2/c1-4-6-8-10-12-14-16-18-20-22-24-26-28-30-32-34-36-41(44-39-40(45-41)38-43(3)42)37-35-33-31-29-27-25-23-21-19-17-15-13-11-9-7-5-2/h12-15,18-21,40H,4-11,16-17,22-39,42H2,1-3H3/b14-12-,15-13-,20-18-,21-19-. The van der Waals surface area contributed by atoms with Crippen molar-refractivity contribution in [3.8, 4) is 0 Å². The van der Waals surface area contributed by atoms with Gasteiger partial charge in [-0.2, -0.15) is 0 Å². The maximum atomic E-state index is 6.54. The van der Waals surface area contributed by atoms with E-state index in [1.165, 1.54) is 141 Å². The summed E-state index contributed by atoms with van der Waals surface area (Å²) in [6.07, 6.45) is 51.6. The zero-order valence-electron chi connectivity index (χ0n) is 30.3. The molecule has 0 spiro atoms. The molecule has 1 aliphatic heterocycles. The lowest BCUT2D eigenvalue weighted by Gasteiger charge is -2.29. The summed E-state index contributed by atoms with van der Waals surface area (Å²) in [5.74, 6) is 5.54. The molecule has 1 unspecified atom stereocenters. The van der Waals surface area contributed by atoms with Crippen LogP contribution in [0.2, 0.25) is 0 Å². The van der Waals surface area contributed by atoms with E-state index in [0.717, 1.165) is 32.2 Å². The average Bonchev–Trinajstić information content (AvgIpc) is 3.42. The summed E-state index contributed by atoms with van der Waals surface area (Å²) in [4.78, 5) is 0. The van der Waals surface area contributed by atoms with Crippen molar-refractivity contribution < 1.29 is 9.47 Å². The first-order chi connectivity index (χ1) is 22.1. The summed E-state index contributed by atoms with van der Waals surface area (Å²) in [6.45, 7) is 5.93. The second-order valence-electron chi connectivity index (χ2n) is 13.6. The number of hydrogen-bond donors (Lipinski definition) is 1. The van der Waals surface area contributed by atoms with Crippen LogP contribution in [0.3, 0.4) is 0 Å². The highest BCUT2D eigenvalue weighted by Gasteiger charge is 2.40. The van der Waals surface area contributed by atoms with Gasteiger partial charge in [0.25, 0.3) is 0 Å². The molecule has 4 heteroatoms. The topological polar surface area (TPSA) is 47.7 Å². The highest BCUT2D eigenvalue weighted by Crippen LogP contribution is 2.35.